The third-order valence-electron chi connectivity index (χ3n) is 6.09. The van der Waals surface area contributed by atoms with Crippen LogP contribution in [0.5, 0.6) is 17.2 Å². The van der Waals surface area contributed by atoms with Crippen molar-refractivity contribution >= 4 is 17.4 Å². The molecule has 0 spiro atoms. The summed E-state index contributed by atoms with van der Waals surface area (Å²) in [6.07, 6.45) is 0.196. The molecule has 162 valence electrons. The average molecular weight is 433 g/mol. The fourth-order valence-corrected chi connectivity index (χ4v) is 4.49. The number of methoxy groups -OCH3 is 1. The number of anilines is 1. The van der Waals surface area contributed by atoms with Crippen LogP contribution in [-0.2, 0) is 16.6 Å². The lowest BCUT2D eigenvalue weighted by Crippen LogP contribution is -2.38. The molecule has 0 aliphatic carbocycles. The third-order valence-corrected chi connectivity index (χ3v) is 6.09. The molecule has 2 aliphatic heterocycles. The van der Waals surface area contributed by atoms with Crippen LogP contribution < -0.4 is 19.5 Å². The number of amides is 1. The minimum atomic E-state index is -1.19. The fraction of sp³-hybridized carbons (Fsp3) is 0.200. The van der Waals surface area contributed by atoms with Crippen LogP contribution in [0.1, 0.15) is 34.0 Å². The van der Waals surface area contributed by atoms with Crippen molar-refractivity contribution in [2.45, 2.75) is 18.8 Å². The Bertz CT molecular complexity index is 1270. The number of ether oxygens (including phenoxy) is 3. The normalized spacial score (nSPS) is 18.3. The van der Waals surface area contributed by atoms with Gasteiger partial charge in [-0.05, 0) is 72.5 Å². The summed E-state index contributed by atoms with van der Waals surface area (Å²) < 4.78 is 30.5. The van der Waals surface area contributed by atoms with Crippen LogP contribution in [0.25, 0.3) is 0 Å². The van der Waals surface area contributed by atoms with Crippen LogP contribution in [0.2, 0.25) is 0 Å². The first-order valence-electron chi connectivity index (χ1n) is 10.1. The number of halogens is 1. The number of nitrogens with one attached hydrogen (secondary N) is 1. The molecule has 1 N–H and O–H groups in total. The van der Waals surface area contributed by atoms with Gasteiger partial charge in [0.05, 0.1) is 7.11 Å². The highest BCUT2D eigenvalue weighted by atomic mass is 19.1. The number of Topliss-reactive ketones (excluding diaryl/α,β-unsaturated/α-hetero) is 1. The number of carbonyl (C=O) groups is 2. The highest BCUT2D eigenvalue weighted by Gasteiger charge is 2.49. The van der Waals surface area contributed by atoms with Crippen LogP contribution in [0.3, 0.4) is 0 Å². The minimum Gasteiger partial charge on any atom is -0.496 e. The molecular weight excluding hydrogens is 413 g/mol. The third kappa shape index (κ3) is 3.00. The predicted octanol–water partition coefficient (Wildman–Crippen LogP) is 4.25. The van der Waals surface area contributed by atoms with Gasteiger partial charge in [0.25, 0.3) is 0 Å². The van der Waals surface area contributed by atoms with Crippen LogP contribution in [0, 0.1) is 5.82 Å². The van der Waals surface area contributed by atoms with Gasteiger partial charge in [0.2, 0.25) is 12.7 Å². The topological polar surface area (TPSA) is 73.9 Å². The number of carbonyl (C=O) groups excluding carboxylic acids is 2. The number of hydrogen-bond acceptors (Lipinski definition) is 5. The second-order valence-electron chi connectivity index (χ2n) is 7.88. The summed E-state index contributed by atoms with van der Waals surface area (Å²) in [6.45, 7) is 1.59. The predicted molar refractivity (Wildman–Crippen MR) is 115 cm³/mol. The van der Waals surface area contributed by atoms with Gasteiger partial charge in [-0.2, -0.15) is 0 Å². The lowest BCUT2D eigenvalue weighted by molar-refractivity contribution is -0.119. The Hall–Kier alpha value is -3.87. The summed E-state index contributed by atoms with van der Waals surface area (Å²) >= 11 is 0. The Morgan fingerprint density at radius 3 is 2.69 bits per heavy atom. The van der Waals surface area contributed by atoms with Crippen molar-refractivity contribution in [1.82, 2.24) is 0 Å². The van der Waals surface area contributed by atoms with Gasteiger partial charge < -0.3 is 19.5 Å². The SMILES string of the molecule is COc1ccc(C(C)=O)cc1CC1(c2ccc3c(c2)OCO3)C(=O)Nc2cc(F)ccc21. The molecule has 0 bridgehead atoms. The van der Waals surface area contributed by atoms with E-state index in [0.29, 0.717) is 45.2 Å². The van der Waals surface area contributed by atoms with Crippen molar-refractivity contribution in [2.75, 3.05) is 19.2 Å². The Morgan fingerprint density at radius 1 is 1.09 bits per heavy atom. The smallest absolute Gasteiger partial charge is 0.239 e. The molecule has 1 amide bonds. The highest BCUT2D eigenvalue weighted by Crippen LogP contribution is 2.48. The minimum absolute atomic E-state index is 0.0932. The van der Waals surface area contributed by atoms with Gasteiger partial charge >= 0.3 is 0 Å². The maximum Gasteiger partial charge on any atom is 0.239 e. The zero-order chi connectivity index (χ0) is 22.5. The zero-order valence-corrected chi connectivity index (χ0v) is 17.5. The van der Waals surface area contributed by atoms with Gasteiger partial charge in [0.15, 0.2) is 17.3 Å². The van der Waals surface area contributed by atoms with E-state index in [-0.39, 0.29) is 24.9 Å². The van der Waals surface area contributed by atoms with E-state index in [1.165, 1.54) is 26.2 Å². The second kappa shape index (κ2) is 7.37. The molecule has 0 fully saturated rings. The summed E-state index contributed by atoms with van der Waals surface area (Å²) in [5.74, 6) is 0.851. The van der Waals surface area contributed by atoms with Crippen molar-refractivity contribution in [3.8, 4) is 17.2 Å². The van der Waals surface area contributed by atoms with Crippen LogP contribution in [0.4, 0.5) is 10.1 Å². The number of hydrogen-bond donors (Lipinski definition) is 1. The Morgan fingerprint density at radius 2 is 1.91 bits per heavy atom. The fourth-order valence-electron chi connectivity index (χ4n) is 4.49. The Labute approximate surface area is 183 Å². The molecule has 0 saturated carbocycles. The van der Waals surface area contributed by atoms with Crippen molar-refractivity contribution in [2.24, 2.45) is 0 Å². The summed E-state index contributed by atoms with van der Waals surface area (Å²) in [4.78, 5) is 25.6. The van der Waals surface area contributed by atoms with Crippen LogP contribution in [-0.4, -0.2) is 25.6 Å². The summed E-state index contributed by atoms with van der Waals surface area (Å²) in [5.41, 5.74) is 1.73. The van der Waals surface area contributed by atoms with Crippen LogP contribution in [0.15, 0.2) is 54.6 Å². The molecule has 2 heterocycles. The van der Waals surface area contributed by atoms with Crippen molar-refractivity contribution < 1.29 is 28.2 Å². The van der Waals surface area contributed by atoms with Crippen LogP contribution >= 0.6 is 0 Å². The molecule has 0 radical (unpaired) electrons. The molecular formula is C25H20FNO5. The van der Waals surface area contributed by atoms with Crippen molar-refractivity contribution in [1.29, 1.82) is 0 Å². The maximum absolute atomic E-state index is 14.0. The van der Waals surface area contributed by atoms with Gasteiger partial charge in [0.1, 0.15) is 17.0 Å². The number of benzene rings is 3. The van der Waals surface area contributed by atoms with Gasteiger partial charge in [-0.1, -0.05) is 12.1 Å². The molecule has 1 unspecified atom stereocenters. The lowest BCUT2D eigenvalue weighted by Gasteiger charge is -2.29. The number of ketones is 1. The van der Waals surface area contributed by atoms with Gasteiger partial charge in [-0.3, -0.25) is 9.59 Å². The van der Waals surface area contributed by atoms with Gasteiger partial charge in [0, 0.05) is 11.3 Å². The molecule has 32 heavy (non-hydrogen) atoms. The summed E-state index contributed by atoms with van der Waals surface area (Å²) in [7, 11) is 1.54. The monoisotopic (exact) mass is 433 g/mol. The van der Waals surface area contributed by atoms with E-state index in [1.54, 1.807) is 36.4 Å². The number of rotatable bonds is 5. The molecule has 6 nitrogen and oxygen atoms in total. The molecule has 0 aromatic heterocycles. The van der Waals surface area contributed by atoms with E-state index in [2.05, 4.69) is 5.32 Å². The first-order valence-corrected chi connectivity index (χ1v) is 10.1. The highest BCUT2D eigenvalue weighted by molar-refractivity contribution is 6.09. The van der Waals surface area contributed by atoms with Gasteiger partial charge in [-0.15, -0.1) is 0 Å². The quantitative estimate of drug-likeness (QED) is 0.609. The van der Waals surface area contributed by atoms with Gasteiger partial charge in [-0.25, -0.2) is 4.39 Å². The molecule has 0 saturated heterocycles. The van der Waals surface area contributed by atoms with E-state index in [9.17, 15) is 14.0 Å². The Balaban J connectivity index is 1.74. The summed E-state index contributed by atoms with van der Waals surface area (Å²) in [6, 6.07) is 14.8. The maximum atomic E-state index is 14.0. The first kappa shape index (κ1) is 20.1. The molecule has 7 heteroatoms. The molecule has 1 atom stereocenters. The first-order chi connectivity index (χ1) is 15.4. The average Bonchev–Trinajstić information content (AvgIpc) is 3.35. The zero-order valence-electron chi connectivity index (χ0n) is 17.5. The molecule has 3 aromatic carbocycles. The van der Waals surface area contributed by atoms with E-state index in [1.807, 2.05) is 6.07 Å². The van der Waals surface area contributed by atoms with E-state index in [4.69, 9.17) is 14.2 Å². The number of fused-ring (bicyclic) bond motifs is 2. The van der Waals surface area contributed by atoms with E-state index >= 15 is 0 Å². The lowest BCUT2D eigenvalue weighted by atomic mass is 9.71. The van der Waals surface area contributed by atoms with Crippen molar-refractivity contribution in [3.05, 3.63) is 82.7 Å². The summed E-state index contributed by atoms with van der Waals surface area (Å²) in [5, 5.41) is 2.83. The largest absolute Gasteiger partial charge is 0.496 e. The standard InChI is InChI=1S/C25H20FNO5/c1-14(28)15-3-7-21(30-2)16(9-15)12-25(17-4-8-22-23(10-17)32-13-31-22)19-6-5-18(26)11-20(19)27-24(25)29/h3-11H,12-13H2,1-2H3,(H,27,29). The van der Waals surface area contributed by atoms with E-state index in [0.717, 1.165) is 0 Å². The molecule has 3 aromatic rings. The van der Waals surface area contributed by atoms with Crippen molar-refractivity contribution in [3.63, 3.8) is 0 Å². The molecule has 5 rings (SSSR count). The second-order valence-corrected chi connectivity index (χ2v) is 7.88. The molecule has 2 aliphatic rings. The Kier molecular flexibility index (Phi) is 4.62. The van der Waals surface area contributed by atoms with E-state index < -0.39 is 11.2 Å².